The minimum Gasteiger partial charge on any atom is -0.496 e. The Bertz CT molecular complexity index is 836. The highest BCUT2D eigenvalue weighted by atomic mass is 35.5. The molecule has 6 nitrogen and oxygen atoms in total. The van der Waals surface area contributed by atoms with E-state index in [-0.39, 0.29) is 16.2 Å². The van der Waals surface area contributed by atoms with Crippen molar-refractivity contribution in [3.05, 3.63) is 58.6 Å². The summed E-state index contributed by atoms with van der Waals surface area (Å²) >= 11 is 5.86. The van der Waals surface area contributed by atoms with Gasteiger partial charge in [-0.15, -0.1) is 4.83 Å². The van der Waals surface area contributed by atoms with Crippen molar-refractivity contribution < 1.29 is 17.9 Å². The molecule has 0 bridgehead atoms. The van der Waals surface area contributed by atoms with Crippen LogP contribution in [0.15, 0.2) is 47.4 Å². The van der Waals surface area contributed by atoms with Gasteiger partial charge in [0, 0.05) is 5.02 Å². The van der Waals surface area contributed by atoms with Crippen LogP contribution in [0.4, 0.5) is 0 Å². The lowest BCUT2D eigenvalue weighted by molar-refractivity contribution is 0.0942. The minimum absolute atomic E-state index is 0.0538. The highest BCUT2D eigenvalue weighted by molar-refractivity contribution is 7.89. The van der Waals surface area contributed by atoms with Gasteiger partial charge in [0.15, 0.2) is 0 Å². The summed E-state index contributed by atoms with van der Waals surface area (Å²) in [5.41, 5.74) is 3.29. The monoisotopic (exact) mass is 368 g/mol. The van der Waals surface area contributed by atoms with Gasteiger partial charge >= 0.3 is 0 Å². The van der Waals surface area contributed by atoms with E-state index in [2.05, 4.69) is 10.3 Å². The van der Waals surface area contributed by atoms with Gasteiger partial charge in [0.1, 0.15) is 5.75 Å². The average Bonchev–Trinajstić information content (AvgIpc) is 2.59. The first-order valence-corrected chi connectivity index (χ1v) is 8.98. The Kier molecular flexibility index (Phi) is 5.82. The number of carbonyl (C=O) groups is 1. The lowest BCUT2D eigenvalue weighted by atomic mass is 10.2. The van der Waals surface area contributed by atoms with Crippen LogP contribution >= 0.6 is 11.6 Å². The standard InChI is InChI=1S/C16H17ClN2O4S/c1-3-11-4-7-13(8-5-11)24(21,22)19-18-16(20)14-10-12(17)6-9-15(14)23-2/h4-10,19H,3H2,1-2H3,(H,18,20). The molecule has 0 aliphatic rings. The van der Waals surface area contributed by atoms with Crippen LogP contribution in [0.1, 0.15) is 22.8 Å². The van der Waals surface area contributed by atoms with E-state index in [1.165, 1.54) is 31.4 Å². The van der Waals surface area contributed by atoms with Crippen LogP contribution in [0, 0.1) is 0 Å². The number of methoxy groups -OCH3 is 1. The van der Waals surface area contributed by atoms with E-state index in [9.17, 15) is 13.2 Å². The first-order valence-electron chi connectivity index (χ1n) is 7.12. The molecule has 128 valence electrons. The van der Waals surface area contributed by atoms with E-state index in [0.29, 0.717) is 5.02 Å². The molecule has 0 heterocycles. The van der Waals surface area contributed by atoms with E-state index in [4.69, 9.17) is 16.3 Å². The van der Waals surface area contributed by atoms with E-state index >= 15 is 0 Å². The van der Waals surface area contributed by atoms with E-state index in [1.807, 2.05) is 6.92 Å². The predicted molar refractivity (Wildman–Crippen MR) is 91.6 cm³/mol. The molecular formula is C16H17ClN2O4S. The molecule has 0 spiro atoms. The largest absolute Gasteiger partial charge is 0.496 e. The average molecular weight is 369 g/mol. The molecule has 2 aromatic rings. The van der Waals surface area contributed by atoms with Crippen molar-refractivity contribution in [3.63, 3.8) is 0 Å². The van der Waals surface area contributed by atoms with Crippen molar-refractivity contribution in [3.8, 4) is 5.75 Å². The number of sulfonamides is 1. The quantitative estimate of drug-likeness (QED) is 0.767. The number of hydrogen-bond donors (Lipinski definition) is 2. The van der Waals surface area contributed by atoms with Crippen molar-refractivity contribution >= 4 is 27.5 Å². The van der Waals surface area contributed by atoms with Crippen LogP contribution in [-0.2, 0) is 16.4 Å². The maximum absolute atomic E-state index is 12.2. The lowest BCUT2D eigenvalue weighted by Crippen LogP contribution is -2.41. The molecule has 0 saturated heterocycles. The van der Waals surface area contributed by atoms with Gasteiger partial charge in [0.2, 0.25) is 0 Å². The van der Waals surface area contributed by atoms with Gasteiger partial charge in [-0.1, -0.05) is 30.7 Å². The molecule has 0 atom stereocenters. The van der Waals surface area contributed by atoms with Crippen molar-refractivity contribution in [2.24, 2.45) is 0 Å². The molecule has 0 fully saturated rings. The number of amides is 1. The van der Waals surface area contributed by atoms with Crippen molar-refractivity contribution in [2.75, 3.05) is 7.11 Å². The van der Waals surface area contributed by atoms with Gasteiger partial charge in [-0.2, -0.15) is 0 Å². The molecule has 0 aliphatic carbocycles. The summed E-state index contributed by atoms with van der Waals surface area (Å²) in [7, 11) is -2.47. The van der Waals surface area contributed by atoms with Crippen LogP contribution in [0.2, 0.25) is 5.02 Å². The molecule has 2 N–H and O–H groups in total. The molecule has 0 aliphatic heterocycles. The summed E-state index contributed by atoms with van der Waals surface area (Å²) in [6.45, 7) is 1.97. The zero-order valence-corrected chi connectivity index (χ0v) is 14.7. The van der Waals surface area contributed by atoms with Crippen LogP contribution in [0.3, 0.4) is 0 Å². The number of nitrogens with one attached hydrogen (secondary N) is 2. The van der Waals surface area contributed by atoms with Gasteiger partial charge in [0.05, 0.1) is 17.6 Å². The number of carbonyl (C=O) groups excluding carboxylic acids is 1. The number of hydrazine groups is 1. The van der Waals surface area contributed by atoms with Crippen molar-refractivity contribution in [1.82, 2.24) is 10.3 Å². The second-order valence-electron chi connectivity index (χ2n) is 4.90. The predicted octanol–water partition coefficient (Wildman–Crippen LogP) is 2.53. The molecule has 0 saturated carbocycles. The number of halogens is 1. The summed E-state index contributed by atoms with van der Waals surface area (Å²) in [6, 6.07) is 10.9. The number of rotatable bonds is 6. The smallest absolute Gasteiger partial charge is 0.270 e. The SMILES string of the molecule is CCc1ccc(S(=O)(=O)NNC(=O)c2cc(Cl)ccc2OC)cc1. The number of hydrogen-bond acceptors (Lipinski definition) is 4. The van der Waals surface area contributed by atoms with Gasteiger partial charge in [-0.25, -0.2) is 8.42 Å². The van der Waals surface area contributed by atoms with Gasteiger partial charge in [-0.3, -0.25) is 10.2 Å². The van der Waals surface area contributed by atoms with Crippen LogP contribution in [0.25, 0.3) is 0 Å². The van der Waals surface area contributed by atoms with Crippen molar-refractivity contribution in [1.29, 1.82) is 0 Å². The Labute approximate surface area is 145 Å². The van der Waals surface area contributed by atoms with Crippen molar-refractivity contribution in [2.45, 2.75) is 18.2 Å². The molecule has 2 rings (SSSR count). The molecule has 0 radical (unpaired) electrons. The highest BCUT2D eigenvalue weighted by Gasteiger charge is 2.18. The van der Waals surface area contributed by atoms with E-state index in [1.54, 1.807) is 18.2 Å². The first-order chi connectivity index (χ1) is 11.4. The fourth-order valence-corrected chi connectivity index (χ4v) is 3.01. The van der Waals surface area contributed by atoms with E-state index in [0.717, 1.165) is 12.0 Å². The summed E-state index contributed by atoms with van der Waals surface area (Å²) in [4.78, 5) is 14.3. The molecule has 1 amide bonds. The third-order valence-corrected chi connectivity index (χ3v) is 4.85. The molecule has 2 aromatic carbocycles. The fourth-order valence-electron chi connectivity index (χ4n) is 2.00. The van der Waals surface area contributed by atoms with Crippen LogP contribution < -0.4 is 15.0 Å². The van der Waals surface area contributed by atoms with Crippen LogP contribution in [0.5, 0.6) is 5.75 Å². The number of benzene rings is 2. The molecule has 0 aromatic heterocycles. The Hall–Kier alpha value is -2.09. The Morgan fingerprint density at radius 2 is 1.83 bits per heavy atom. The number of aryl methyl sites for hydroxylation is 1. The molecule has 8 heteroatoms. The zero-order valence-electron chi connectivity index (χ0n) is 13.2. The molecule has 24 heavy (non-hydrogen) atoms. The number of ether oxygens (including phenoxy) is 1. The van der Waals surface area contributed by atoms with E-state index < -0.39 is 15.9 Å². The Morgan fingerprint density at radius 1 is 1.17 bits per heavy atom. The summed E-state index contributed by atoms with van der Waals surface area (Å²) in [5, 5.41) is 0.332. The molecule has 0 unspecified atom stereocenters. The first kappa shape index (κ1) is 18.3. The van der Waals surface area contributed by atoms with Gasteiger partial charge in [-0.05, 0) is 42.3 Å². The normalized spacial score (nSPS) is 11.1. The third kappa shape index (κ3) is 4.25. The summed E-state index contributed by atoms with van der Waals surface area (Å²) < 4.78 is 29.5. The minimum atomic E-state index is -3.87. The zero-order chi connectivity index (χ0) is 17.7. The maximum Gasteiger partial charge on any atom is 0.270 e. The summed E-state index contributed by atoms with van der Waals surface area (Å²) in [6.07, 6.45) is 0.805. The second-order valence-corrected chi connectivity index (χ2v) is 7.02. The topological polar surface area (TPSA) is 84.5 Å². The Morgan fingerprint density at radius 3 is 2.42 bits per heavy atom. The third-order valence-electron chi connectivity index (χ3n) is 3.35. The highest BCUT2D eigenvalue weighted by Crippen LogP contribution is 2.22. The lowest BCUT2D eigenvalue weighted by Gasteiger charge is -2.11. The fraction of sp³-hybridized carbons (Fsp3) is 0.188. The summed E-state index contributed by atoms with van der Waals surface area (Å²) in [5.74, 6) is -0.397. The maximum atomic E-state index is 12.2. The molecular weight excluding hydrogens is 352 g/mol. The van der Waals surface area contributed by atoms with Gasteiger partial charge in [0.25, 0.3) is 15.9 Å². The van der Waals surface area contributed by atoms with Crippen LogP contribution in [-0.4, -0.2) is 21.4 Å². The second kappa shape index (κ2) is 7.65. The Balaban J connectivity index is 2.14. The van der Waals surface area contributed by atoms with Gasteiger partial charge < -0.3 is 4.74 Å².